The van der Waals surface area contributed by atoms with Gasteiger partial charge in [0.25, 0.3) is 0 Å². The van der Waals surface area contributed by atoms with Crippen LogP contribution in [0.3, 0.4) is 0 Å². The van der Waals surface area contributed by atoms with Crippen LogP contribution in [0.1, 0.15) is 20.8 Å². The second-order valence-corrected chi connectivity index (χ2v) is 7.32. The van der Waals surface area contributed by atoms with Crippen molar-refractivity contribution in [3.63, 3.8) is 0 Å². The number of pyridine rings is 2. The molecule has 0 aliphatic heterocycles. The lowest BCUT2D eigenvalue weighted by molar-refractivity contribution is -0.158. The molecule has 0 spiro atoms. The molecule has 7 heteroatoms. The minimum atomic E-state index is -1.13. The van der Waals surface area contributed by atoms with Gasteiger partial charge in [-0.25, -0.2) is 14.8 Å². The predicted octanol–water partition coefficient (Wildman–Crippen LogP) is 4.77. The van der Waals surface area contributed by atoms with E-state index in [0.29, 0.717) is 16.7 Å². The van der Waals surface area contributed by atoms with Crippen molar-refractivity contribution < 1.29 is 14.3 Å². The maximum Gasteiger partial charge on any atom is 0.349 e. The minimum absolute atomic E-state index is 0.290. The van der Waals surface area contributed by atoms with E-state index in [1.54, 1.807) is 39.2 Å². The quantitative estimate of drug-likeness (QED) is 0.588. The average Bonchev–Trinajstić information content (AvgIpc) is 2.70. The highest BCUT2D eigenvalue weighted by Gasteiger charge is 2.32. The van der Waals surface area contributed by atoms with E-state index in [2.05, 4.69) is 9.97 Å². The summed E-state index contributed by atoms with van der Waals surface area (Å²) in [6, 6.07) is 12.9. The van der Waals surface area contributed by atoms with E-state index in [9.17, 15) is 4.79 Å². The number of ether oxygens (including phenoxy) is 2. The summed E-state index contributed by atoms with van der Waals surface area (Å²) in [5.41, 5.74) is 8.36. The van der Waals surface area contributed by atoms with Crippen LogP contribution in [0.4, 0.5) is 5.82 Å². The van der Waals surface area contributed by atoms with Gasteiger partial charge in [0.05, 0.1) is 6.61 Å². The highest BCUT2D eigenvalue weighted by atomic mass is 35.5. The Bertz CT molecular complexity index is 1000. The highest BCUT2D eigenvalue weighted by molar-refractivity contribution is 6.30. The first kappa shape index (κ1) is 20.6. The van der Waals surface area contributed by atoms with E-state index in [1.807, 2.05) is 36.4 Å². The molecule has 150 valence electrons. The zero-order valence-electron chi connectivity index (χ0n) is 16.5. The molecule has 2 aromatic heterocycles. The molecule has 2 N–H and O–H groups in total. The van der Waals surface area contributed by atoms with E-state index in [1.165, 1.54) is 0 Å². The molecule has 0 radical (unpaired) electrons. The van der Waals surface area contributed by atoms with Crippen molar-refractivity contribution in [2.75, 3.05) is 12.3 Å². The maximum absolute atomic E-state index is 12.0. The van der Waals surface area contributed by atoms with Crippen LogP contribution in [-0.4, -0.2) is 28.1 Å². The van der Waals surface area contributed by atoms with Crippen molar-refractivity contribution in [2.24, 2.45) is 0 Å². The van der Waals surface area contributed by atoms with Crippen LogP contribution < -0.4 is 10.5 Å². The molecule has 3 aromatic rings. The number of hydrogen-bond donors (Lipinski definition) is 1. The smallest absolute Gasteiger partial charge is 0.349 e. The molecule has 0 bridgehead atoms. The summed E-state index contributed by atoms with van der Waals surface area (Å²) in [5.74, 6) is 0.314. The number of benzene rings is 1. The number of nitrogens with two attached hydrogens (primary N) is 1. The van der Waals surface area contributed by atoms with Gasteiger partial charge in [0.1, 0.15) is 5.82 Å². The molecule has 0 fully saturated rings. The van der Waals surface area contributed by atoms with Gasteiger partial charge in [-0.1, -0.05) is 23.7 Å². The van der Waals surface area contributed by atoms with Gasteiger partial charge in [0, 0.05) is 40.2 Å². The second-order valence-electron chi connectivity index (χ2n) is 6.88. The molecular formula is C22H22ClN3O3. The normalized spacial score (nSPS) is 11.2. The summed E-state index contributed by atoms with van der Waals surface area (Å²) in [5, 5.41) is 0.655. The van der Waals surface area contributed by atoms with Gasteiger partial charge in [0.2, 0.25) is 11.5 Å². The number of carbonyl (C=O) groups excluding carboxylic acids is 1. The summed E-state index contributed by atoms with van der Waals surface area (Å²) in [6.07, 6.45) is 3.35. The molecule has 0 saturated heterocycles. The fourth-order valence-corrected chi connectivity index (χ4v) is 2.84. The van der Waals surface area contributed by atoms with Gasteiger partial charge < -0.3 is 15.2 Å². The SMILES string of the molecule is CCOC(=O)C(C)(C)Oc1ccc(-c2cnc(N)c(-c3ccc(Cl)cc3)c2)cn1. The summed E-state index contributed by atoms with van der Waals surface area (Å²) in [4.78, 5) is 20.6. The van der Waals surface area contributed by atoms with Crippen LogP contribution in [0.15, 0.2) is 54.9 Å². The first-order valence-electron chi connectivity index (χ1n) is 9.14. The third kappa shape index (κ3) is 4.84. The molecular weight excluding hydrogens is 390 g/mol. The predicted molar refractivity (Wildman–Crippen MR) is 114 cm³/mol. The number of esters is 1. The number of rotatable bonds is 6. The van der Waals surface area contributed by atoms with E-state index < -0.39 is 11.6 Å². The first-order chi connectivity index (χ1) is 13.8. The Labute approximate surface area is 174 Å². The fraction of sp³-hybridized carbons (Fsp3) is 0.227. The van der Waals surface area contributed by atoms with E-state index in [0.717, 1.165) is 22.3 Å². The van der Waals surface area contributed by atoms with Crippen LogP contribution in [-0.2, 0) is 9.53 Å². The molecule has 0 aliphatic rings. The molecule has 6 nitrogen and oxygen atoms in total. The average molecular weight is 412 g/mol. The molecule has 3 rings (SSSR count). The Morgan fingerprint density at radius 2 is 1.69 bits per heavy atom. The molecule has 0 aliphatic carbocycles. The molecule has 2 heterocycles. The maximum atomic E-state index is 12.0. The van der Waals surface area contributed by atoms with Crippen LogP contribution in [0.5, 0.6) is 5.88 Å². The molecule has 0 unspecified atom stereocenters. The number of halogens is 1. The number of nitrogen functional groups attached to an aromatic ring is 1. The van der Waals surface area contributed by atoms with Crippen LogP contribution in [0, 0.1) is 0 Å². The van der Waals surface area contributed by atoms with Crippen molar-refractivity contribution in [1.82, 2.24) is 9.97 Å². The highest BCUT2D eigenvalue weighted by Crippen LogP contribution is 2.30. The lowest BCUT2D eigenvalue weighted by Gasteiger charge is -2.23. The number of anilines is 1. The minimum Gasteiger partial charge on any atom is -0.463 e. The summed E-state index contributed by atoms with van der Waals surface area (Å²) in [7, 11) is 0. The van der Waals surface area contributed by atoms with Crippen molar-refractivity contribution in [1.29, 1.82) is 0 Å². The number of aromatic nitrogens is 2. The topological polar surface area (TPSA) is 87.3 Å². The van der Waals surface area contributed by atoms with Crippen LogP contribution >= 0.6 is 11.6 Å². The van der Waals surface area contributed by atoms with Crippen LogP contribution in [0.25, 0.3) is 22.3 Å². The van der Waals surface area contributed by atoms with Crippen LogP contribution in [0.2, 0.25) is 5.02 Å². The lowest BCUT2D eigenvalue weighted by atomic mass is 10.0. The van der Waals surface area contributed by atoms with Crippen molar-refractivity contribution in [3.05, 3.63) is 59.9 Å². The van der Waals surface area contributed by atoms with Gasteiger partial charge in [-0.3, -0.25) is 0 Å². The van der Waals surface area contributed by atoms with Crippen molar-refractivity contribution in [2.45, 2.75) is 26.4 Å². The number of carbonyl (C=O) groups is 1. The Kier molecular flexibility index (Phi) is 6.03. The summed E-state index contributed by atoms with van der Waals surface area (Å²) < 4.78 is 10.7. The summed E-state index contributed by atoms with van der Waals surface area (Å²) in [6.45, 7) is 5.32. The van der Waals surface area contributed by atoms with Gasteiger partial charge in [-0.05, 0) is 50.6 Å². The van der Waals surface area contributed by atoms with Gasteiger partial charge in [0.15, 0.2) is 0 Å². The summed E-state index contributed by atoms with van der Waals surface area (Å²) >= 11 is 5.97. The number of nitrogens with zero attached hydrogens (tertiary/aromatic N) is 2. The standard InChI is InChI=1S/C22H22ClN3O3/c1-4-28-21(27)22(2,3)29-19-10-7-15(12-25-19)16-11-18(20(24)26-13-16)14-5-8-17(23)9-6-14/h5-13H,4H2,1-3H3,(H2,24,26). The van der Waals surface area contributed by atoms with Crippen molar-refractivity contribution >= 4 is 23.4 Å². The first-order valence-corrected chi connectivity index (χ1v) is 9.52. The Morgan fingerprint density at radius 3 is 2.31 bits per heavy atom. The Morgan fingerprint density at radius 1 is 1.03 bits per heavy atom. The monoisotopic (exact) mass is 411 g/mol. The molecule has 0 amide bonds. The lowest BCUT2D eigenvalue weighted by Crippen LogP contribution is -2.39. The fourth-order valence-electron chi connectivity index (χ4n) is 2.71. The Balaban J connectivity index is 1.84. The zero-order chi connectivity index (χ0) is 21.0. The largest absolute Gasteiger partial charge is 0.463 e. The molecule has 1 aromatic carbocycles. The molecule has 0 saturated carbocycles. The molecule has 29 heavy (non-hydrogen) atoms. The molecule has 0 atom stereocenters. The third-order valence-corrected chi connectivity index (χ3v) is 4.52. The van der Waals surface area contributed by atoms with Gasteiger partial charge in [-0.2, -0.15) is 0 Å². The third-order valence-electron chi connectivity index (χ3n) is 4.27. The van der Waals surface area contributed by atoms with E-state index in [-0.39, 0.29) is 6.61 Å². The van der Waals surface area contributed by atoms with Gasteiger partial charge >= 0.3 is 5.97 Å². The zero-order valence-corrected chi connectivity index (χ0v) is 17.2. The van der Waals surface area contributed by atoms with Gasteiger partial charge in [-0.15, -0.1) is 0 Å². The second kappa shape index (κ2) is 8.49. The number of hydrogen-bond acceptors (Lipinski definition) is 6. The van der Waals surface area contributed by atoms with E-state index >= 15 is 0 Å². The Hall–Kier alpha value is -3.12. The van der Waals surface area contributed by atoms with Crippen molar-refractivity contribution in [3.8, 4) is 28.1 Å². The van der Waals surface area contributed by atoms with E-state index in [4.69, 9.17) is 26.8 Å².